The van der Waals surface area contributed by atoms with Gasteiger partial charge in [-0.3, -0.25) is 0 Å². The van der Waals surface area contributed by atoms with E-state index in [1.165, 1.54) is 45.1 Å². The highest BCUT2D eigenvalue weighted by molar-refractivity contribution is 4.98. The Morgan fingerprint density at radius 1 is 1.00 bits per heavy atom. The largest absolute Gasteiger partial charge is 0.313 e. The molecule has 0 unspecified atom stereocenters. The normalized spacial score (nSPS) is 32.1. The standard InChI is InChI=1S/C16H31N/c1-12(2)14-5-7-15(8-6-14)17-11-16(9-10-16)13(3)4/h12-15,17H,5-11H2,1-4H3. The van der Waals surface area contributed by atoms with Gasteiger partial charge in [-0.1, -0.05) is 27.7 Å². The molecule has 0 aromatic carbocycles. The highest BCUT2D eigenvalue weighted by Crippen LogP contribution is 2.51. The van der Waals surface area contributed by atoms with E-state index in [0.717, 1.165) is 23.8 Å². The smallest absolute Gasteiger partial charge is 0.00675 e. The summed E-state index contributed by atoms with van der Waals surface area (Å²) in [6.45, 7) is 10.8. The topological polar surface area (TPSA) is 12.0 Å². The molecule has 0 aliphatic heterocycles. The van der Waals surface area contributed by atoms with Gasteiger partial charge in [-0.2, -0.15) is 0 Å². The Morgan fingerprint density at radius 2 is 1.59 bits per heavy atom. The predicted octanol–water partition coefficient (Wildman–Crippen LogP) is 4.23. The highest BCUT2D eigenvalue weighted by Gasteiger charge is 2.45. The van der Waals surface area contributed by atoms with Crippen LogP contribution >= 0.6 is 0 Å². The maximum Gasteiger partial charge on any atom is 0.00675 e. The Balaban J connectivity index is 1.69. The molecule has 0 bridgehead atoms. The van der Waals surface area contributed by atoms with E-state index in [1.807, 2.05) is 0 Å². The second-order valence-corrected chi connectivity index (χ2v) is 7.25. The van der Waals surface area contributed by atoms with Crippen molar-refractivity contribution in [2.75, 3.05) is 6.54 Å². The van der Waals surface area contributed by atoms with Gasteiger partial charge in [0.25, 0.3) is 0 Å². The lowest BCUT2D eigenvalue weighted by molar-refractivity contribution is 0.223. The number of rotatable bonds is 5. The molecule has 0 amide bonds. The van der Waals surface area contributed by atoms with E-state index in [0.29, 0.717) is 5.41 Å². The summed E-state index contributed by atoms with van der Waals surface area (Å²) >= 11 is 0. The Hall–Kier alpha value is -0.0400. The van der Waals surface area contributed by atoms with Gasteiger partial charge in [0.1, 0.15) is 0 Å². The first-order valence-electron chi connectivity index (χ1n) is 7.77. The van der Waals surface area contributed by atoms with Crippen LogP contribution in [0.3, 0.4) is 0 Å². The fraction of sp³-hybridized carbons (Fsp3) is 1.00. The van der Waals surface area contributed by atoms with E-state index in [4.69, 9.17) is 0 Å². The van der Waals surface area contributed by atoms with Crippen molar-refractivity contribution in [1.82, 2.24) is 5.32 Å². The molecule has 0 spiro atoms. The van der Waals surface area contributed by atoms with Crippen molar-refractivity contribution in [3.8, 4) is 0 Å². The van der Waals surface area contributed by atoms with Crippen LogP contribution in [-0.2, 0) is 0 Å². The van der Waals surface area contributed by atoms with E-state index in [1.54, 1.807) is 0 Å². The maximum absolute atomic E-state index is 3.87. The van der Waals surface area contributed by atoms with Crippen LogP contribution in [-0.4, -0.2) is 12.6 Å². The minimum Gasteiger partial charge on any atom is -0.313 e. The summed E-state index contributed by atoms with van der Waals surface area (Å²) in [5.41, 5.74) is 0.675. The monoisotopic (exact) mass is 237 g/mol. The first-order valence-corrected chi connectivity index (χ1v) is 7.77. The minimum absolute atomic E-state index is 0.675. The summed E-state index contributed by atoms with van der Waals surface area (Å²) in [6, 6.07) is 0.821. The third-order valence-electron chi connectivity index (χ3n) is 5.57. The summed E-state index contributed by atoms with van der Waals surface area (Å²) in [5, 5.41) is 3.87. The highest BCUT2D eigenvalue weighted by atomic mass is 14.9. The molecule has 2 saturated carbocycles. The third kappa shape index (κ3) is 3.24. The van der Waals surface area contributed by atoms with Crippen molar-refractivity contribution in [3.05, 3.63) is 0 Å². The van der Waals surface area contributed by atoms with E-state index in [-0.39, 0.29) is 0 Å². The average Bonchev–Trinajstić information content (AvgIpc) is 3.08. The lowest BCUT2D eigenvalue weighted by Gasteiger charge is -2.33. The molecule has 0 saturated heterocycles. The lowest BCUT2D eigenvalue weighted by Crippen LogP contribution is -2.38. The van der Waals surface area contributed by atoms with Crippen molar-refractivity contribution in [3.63, 3.8) is 0 Å². The van der Waals surface area contributed by atoms with E-state index < -0.39 is 0 Å². The summed E-state index contributed by atoms with van der Waals surface area (Å²) in [5.74, 6) is 2.75. The first-order chi connectivity index (χ1) is 8.03. The van der Waals surface area contributed by atoms with Gasteiger partial charge in [-0.25, -0.2) is 0 Å². The maximum atomic E-state index is 3.87. The number of hydrogen-bond acceptors (Lipinski definition) is 1. The van der Waals surface area contributed by atoms with Gasteiger partial charge in [0.2, 0.25) is 0 Å². The molecule has 0 aromatic heterocycles. The van der Waals surface area contributed by atoms with Crippen LogP contribution in [0.25, 0.3) is 0 Å². The summed E-state index contributed by atoms with van der Waals surface area (Å²) in [4.78, 5) is 0. The molecule has 0 radical (unpaired) electrons. The fourth-order valence-electron chi connectivity index (χ4n) is 3.46. The van der Waals surface area contributed by atoms with Crippen molar-refractivity contribution in [1.29, 1.82) is 0 Å². The van der Waals surface area contributed by atoms with Crippen molar-refractivity contribution >= 4 is 0 Å². The zero-order valence-corrected chi connectivity index (χ0v) is 12.3. The zero-order valence-electron chi connectivity index (χ0n) is 12.3. The third-order valence-corrected chi connectivity index (χ3v) is 5.57. The quantitative estimate of drug-likeness (QED) is 0.754. The van der Waals surface area contributed by atoms with Crippen LogP contribution in [0.5, 0.6) is 0 Å². The molecule has 2 fully saturated rings. The molecular weight excluding hydrogens is 206 g/mol. The van der Waals surface area contributed by atoms with Crippen molar-refractivity contribution in [2.24, 2.45) is 23.2 Å². The molecule has 1 heteroatoms. The fourth-order valence-corrected chi connectivity index (χ4v) is 3.46. The lowest BCUT2D eigenvalue weighted by atomic mass is 9.79. The minimum atomic E-state index is 0.675. The second kappa shape index (κ2) is 5.30. The molecule has 0 atom stereocenters. The Morgan fingerprint density at radius 3 is 2.00 bits per heavy atom. The summed E-state index contributed by atoms with van der Waals surface area (Å²) in [7, 11) is 0. The molecule has 1 nitrogen and oxygen atoms in total. The van der Waals surface area contributed by atoms with Crippen molar-refractivity contribution < 1.29 is 0 Å². The Labute approximate surface area is 108 Å². The first kappa shape index (κ1) is 13.4. The molecule has 2 aliphatic carbocycles. The van der Waals surface area contributed by atoms with Crippen LogP contribution in [0.4, 0.5) is 0 Å². The molecule has 0 heterocycles. The van der Waals surface area contributed by atoms with Gasteiger partial charge in [-0.15, -0.1) is 0 Å². The summed E-state index contributed by atoms with van der Waals surface area (Å²) in [6.07, 6.45) is 8.64. The average molecular weight is 237 g/mol. The molecule has 100 valence electrons. The molecule has 2 aliphatic rings. The van der Waals surface area contributed by atoms with E-state index >= 15 is 0 Å². The van der Waals surface area contributed by atoms with Gasteiger partial charge >= 0.3 is 0 Å². The molecule has 0 aromatic rings. The predicted molar refractivity (Wildman–Crippen MR) is 75.1 cm³/mol. The van der Waals surface area contributed by atoms with E-state index in [2.05, 4.69) is 33.0 Å². The molecule has 1 N–H and O–H groups in total. The van der Waals surface area contributed by atoms with Gasteiger partial charge in [0.05, 0.1) is 0 Å². The number of nitrogens with one attached hydrogen (secondary N) is 1. The van der Waals surface area contributed by atoms with Gasteiger partial charge < -0.3 is 5.32 Å². The zero-order chi connectivity index (χ0) is 12.5. The number of hydrogen-bond donors (Lipinski definition) is 1. The van der Waals surface area contributed by atoms with Crippen LogP contribution in [0, 0.1) is 23.2 Å². The Kier molecular flexibility index (Phi) is 4.18. The molecular formula is C16H31N. The van der Waals surface area contributed by atoms with Crippen LogP contribution in [0.15, 0.2) is 0 Å². The van der Waals surface area contributed by atoms with Crippen LogP contribution in [0.1, 0.15) is 66.2 Å². The second-order valence-electron chi connectivity index (χ2n) is 7.25. The van der Waals surface area contributed by atoms with Gasteiger partial charge in [0.15, 0.2) is 0 Å². The van der Waals surface area contributed by atoms with Gasteiger partial charge in [-0.05, 0) is 61.7 Å². The van der Waals surface area contributed by atoms with E-state index in [9.17, 15) is 0 Å². The van der Waals surface area contributed by atoms with Crippen LogP contribution < -0.4 is 5.32 Å². The van der Waals surface area contributed by atoms with Crippen LogP contribution in [0.2, 0.25) is 0 Å². The SMILES string of the molecule is CC(C)C1CCC(NCC2(C(C)C)CC2)CC1. The molecule has 2 rings (SSSR count). The Bertz CT molecular complexity index is 232. The van der Waals surface area contributed by atoms with Gasteiger partial charge in [0, 0.05) is 12.6 Å². The summed E-state index contributed by atoms with van der Waals surface area (Å²) < 4.78 is 0. The molecule has 17 heavy (non-hydrogen) atoms. The van der Waals surface area contributed by atoms with Crippen molar-refractivity contribution in [2.45, 2.75) is 72.3 Å².